The number of benzene rings is 9. The van der Waals surface area contributed by atoms with Gasteiger partial charge in [0.05, 0.1) is 11.5 Å². The highest BCUT2D eigenvalue weighted by Crippen LogP contribution is 2.57. The molecule has 3 atom stereocenters. The molecular formula is C68H51N5. The van der Waals surface area contributed by atoms with E-state index >= 15 is 0 Å². The van der Waals surface area contributed by atoms with Crippen LogP contribution in [0.4, 0.5) is 0 Å². The quantitative estimate of drug-likeness (QED) is 0.123. The zero-order valence-electron chi connectivity index (χ0n) is 40.1. The Kier molecular flexibility index (Phi) is 10.4. The molecule has 0 saturated carbocycles. The van der Waals surface area contributed by atoms with Crippen LogP contribution in [0.15, 0.2) is 277 Å². The maximum Gasteiger partial charge on any atom is 0.131 e. The third-order valence-electron chi connectivity index (χ3n) is 15.5. The molecule has 0 fully saturated rings. The van der Waals surface area contributed by atoms with Crippen molar-refractivity contribution in [2.75, 3.05) is 6.54 Å². The van der Waals surface area contributed by atoms with Gasteiger partial charge in [-0.3, -0.25) is 5.32 Å². The third-order valence-corrected chi connectivity index (χ3v) is 15.5. The fourth-order valence-corrected chi connectivity index (χ4v) is 12.2. The van der Waals surface area contributed by atoms with Crippen LogP contribution in [0.25, 0.3) is 49.9 Å². The van der Waals surface area contributed by atoms with Gasteiger partial charge < -0.3 is 16.0 Å². The number of allylic oxidation sites excluding steroid dienone is 3. The molecule has 14 rings (SSSR count). The zero-order valence-corrected chi connectivity index (χ0v) is 40.1. The first-order valence-corrected chi connectivity index (χ1v) is 25.4. The van der Waals surface area contributed by atoms with Gasteiger partial charge in [-0.25, -0.2) is 4.99 Å². The number of amidine groups is 1. The Labute approximate surface area is 426 Å². The number of nitrogens with one attached hydrogen (secondary N) is 4. The number of aliphatic imine (C=N–C) groups is 1. The van der Waals surface area contributed by atoms with Crippen LogP contribution in [0.1, 0.15) is 56.8 Å². The number of dihydropyridines is 1. The van der Waals surface area contributed by atoms with Gasteiger partial charge in [0, 0.05) is 28.9 Å². The molecule has 2 aliphatic carbocycles. The molecule has 73 heavy (non-hydrogen) atoms. The highest BCUT2D eigenvalue weighted by atomic mass is 15.3. The number of hydrogen-bond acceptors (Lipinski definition) is 5. The van der Waals surface area contributed by atoms with Crippen LogP contribution in [0.5, 0.6) is 0 Å². The predicted molar refractivity (Wildman–Crippen MR) is 300 cm³/mol. The van der Waals surface area contributed by atoms with Crippen molar-refractivity contribution in [1.29, 1.82) is 0 Å². The number of nitrogens with zero attached hydrogens (tertiary/aromatic N) is 1. The average molecular weight is 938 g/mol. The minimum absolute atomic E-state index is 0.0968. The Bertz CT molecular complexity index is 3790. The topological polar surface area (TPSA) is 60.5 Å². The minimum atomic E-state index is -0.532. The lowest BCUT2D eigenvalue weighted by Gasteiger charge is -2.34. The summed E-state index contributed by atoms with van der Waals surface area (Å²) in [5.41, 5.74) is 21.1. The molecule has 0 saturated heterocycles. The maximum absolute atomic E-state index is 5.52. The van der Waals surface area contributed by atoms with E-state index in [1.807, 2.05) is 0 Å². The van der Waals surface area contributed by atoms with Gasteiger partial charge in [0.1, 0.15) is 18.2 Å². The van der Waals surface area contributed by atoms with E-state index in [-0.39, 0.29) is 18.4 Å². The Morgan fingerprint density at radius 3 is 1.86 bits per heavy atom. The highest BCUT2D eigenvalue weighted by Gasteiger charge is 2.46. The van der Waals surface area contributed by atoms with E-state index in [0.717, 1.165) is 51.3 Å². The Morgan fingerprint density at radius 1 is 0.466 bits per heavy atom. The van der Waals surface area contributed by atoms with Crippen molar-refractivity contribution in [1.82, 2.24) is 21.3 Å². The van der Waals surface area contributed by atoms with Crippen molar-refractivity contribution in [2.24, 2.45) is 4.99 Å². The van der Waals surface area contributed by atoms with Crippen LogP contribution in [0.3, 0.4) is 0 Å². The van der Waals surface area contributed by atoms with E-state index in [4.69, 9.17) is 4.99 Å². The van der Waals surface area contributed by atoms with Gasteiger partial charge in [0.15, 0.2) is 0 Å². The van der Waals surface area contributed by atoms with Crippen molar-refractivity contribution < 1.29 is 0 Å². The number of rotatable bonds is 8. The van der Waals surface area contributed by atoms with Crippen LogP contribution in [0, 0.1) is 0 Å². The fourth-order valence-electron chi connectivity index (χ4n) is 12.2. The van der Waals surface area contributed by atoms with Crippen LogP contribution in [-0.4, -0.2) is 18.4 Å². The van der Waals surface area contributed by atoms with Crippen molar-refractivity contribution >= 4 is 22.3 Å². The van der Waals surface area contributed by atoms with Crippen LogP contribution in [-0.2, 0) is 5.41 Å². The molecule has 0 aromatic heterocycles. The monoisotopic (exact) mass is 937 g/mol. The summed E-state index contributed by atoms with van der Waals surface area (Å²) in [4.78, 5) is 5.52. The second-order valence-corrected chi connectivity index (χ2v) is 19.5. The number of hydrogen-bond donors (Lipinski definition) is 4. The van der Waals surface area contributed by atoms with Gasteiger partial charge in [-0.1, -0.05) is 218 Å². The molecule has 3 aliphatic heterocycles. The van der Waals surface area contributed by atoms with E-state index in [0.29, 0.717) is 0 Å². The van der Waals surface area contributed by atoms with Gasteiger partial charge >= 0.3 is 0 Å². The van der Waals surface area contributed by atoms with Gasteiger partial charge in [0.2, 0.25) is 0 Å². The van der Waals surface area contributed by atoms with E-state index in [1.165, 1.54) is 72.1 Å². The molecule has 4 N–H and O–H groups in total. The molecule has 348 valence electrons. The lowest BCUT2D eigenvalue weighted by molar-refractivity contribution is 0.409. The summed E-state index contributed by atoms with van der Waals surface area (Å²) in [6.07, 6.45) is 12.7. The summed E-state index contributed by atoms with van der Waals surface area (Å²) in [6.45, 7) is 0.753. The molecule has 0 bridgehead atoms. The standard InChI is InChI=1S/C68H51N5/c1-5-19-44(20-6-1)65-71-66(45-21-7-2-8-22-45)73-67(72-65)49-40-47(46-35-36-57-56-27-13-15-33-61(56)68(62(57)42-46,50-23-9-3-10-24-50)51-25-11-4-12-26-51)39-48(41-49)52-29-17-31-54-53(52)30-18-32-59(54)64-60-43-69-38-37-55(60)58-28-14-16-34-63(58)70-64/h1-42,63,65-66,69-71H,43H2,(H,72,73). The van der Waals surface area contributed by atoms with Gasteiger partial charge in [-0.15, -0.1) is 0 Å². The van der Waals surface area contributed by atoms with Crippen LogP contribution >= 0.6 is 0 Å². The second-order valence-electron chi connectivity index (χ2n) is 19.5. The summed E-state index contributed by atoms with van der Waals surface area (Å²) < 4.78 is 0. The number of fused-ring (bicyclic) bond motifs is 6. The maximum atomic E-state index is 5.52. The van der Waals surface area contributed by atoms with Crippen molar-refractivity contribution in [3.8, 4) is 33.4 Å². The molecule has 5 nitrogen and oxygen atoms in total. The summed E-state index contributed by atoms with van der Waals surface area (Å²) in [5, 5.41) is 17.6. The normalized spacial score (nSPS) is 19.0. The summed E-state index contributed by atoms with van der Waals surface area (Å²) >= 11 is 0. The van der Waals surface area contributed by atoms with Crippen molar-refractivity contribution in [3.05, 3.63) is 316 Å². The van der Waals surface area contributed by atoms with E-state index in [2.05, 4.69) is 276 Å². The van der Waals surface area contributed by atoms with Crippen molar-refractivity contribution in [2.45, 2.75) is 23.8 Å². The Hall–Kier alpha value is -9.03. The van der Waals surface area contributed by atoms with Gasteiger partial charge in [0.25, 0.3) is 0 Å². The molecule has 9 aromatic carbocycles. The average Bonchev–Trinajstić information content (AvgIpc) is 3.78. The van der Waals surface area contributed by atoms with Gasteiger partial charge in [-0.2, -0.15) is 0 Å². The van der Waals surface area contributed by atoms with E-state index < -0.39 is 5.41 Å². The van der Waals surface area contributed by atoms with Crippen LogP contribution in [0.2, 0.25) is 0 Å². The summed E-state index contributed by atoms with van der Waals surface area (Å²) in [6, 6.07) is 80.3. The Morgan fingerprint density at radius 2 is 1.10 bits per heavy atom. The smallest absolute Gasteiger partial charge is 0.131 e. The molecule has 0 radical (unpaired) electrons. The summed E-state index contributed by atoms with van der Waals surface area (Å²) in [5.74, 6) is 0.836. The molecule has 0 spiro atoms. The fraction of sp³-hybridized carbons (Fsp3) is 0.0735. The van der Waals surface area contributed by atoms with E-state index in [1.54, 1.807) is 0 Å². The van der Waals surface area contributed by atoms with Gasteiger partial charge in [-0.05, 0) is 125 Å². The highest BCUT2D eigenvalue weighted by molar-refractivity contribution is 6.06. The van der Waals surface area contributed by atoms with Crippen LogP contribution < -0.4 is 21.3 Å². The largest absolute Gasteiger partial charge is 0.387 e. The molecular weight excluding hydrogens is 887 g/mol. The molecule has 3 heterocycles. The lowest BCUT2D eigenvalue weighted by atomic mass is 9.67. The lowest BCUT2D eigenvalue weighted by Crippen LogP contribution is -2.44. The first kappa shape index (κ1) is 42.8. The SMILES string of the molecule is C1=CC2=C3C=CNCC3=C(c3cccc4c(-c5cc(C6=NC(c7ccccc7)NC(c7ccccc7)N6)cc(-c6ccc7c(c6)C(c6ccccc6)(c6ccccc6)c6ccccc6-7)c5)cccc34)NC2C=C1. The molecule has 5 aliphatic rings. The summed E-state index contributed by atoms with van der Waals surface area (Å²) in [7, 11) is 0. The minimum Gasteiger partial charge on any atom is -0.387 e. The molecule has 5 heteroatoms. The van der Waals surface area contributed by atoms with Crippen molar-refractivity contribution in [3.63, 3.8) is 0 Å². The first-order valence-electron chi connectivity index (χ1n) is 25.4. The second kappa shape index (κ2) is 17.7. The predicted octanol–water partition coefficient (Wildman–Crippen LogP) is 14.1. The van der Waals surface area contributed by atoms with E-state index in [9.17, 15) is 0 Å². The zero-order chi connectivity index (χ0) is 48.3. The Balaban J connectivity index is 0.989. The molecule has 9 aromatic rings. The molecule has 0 amide bonds. The first-order chi connectivity index (χ1) is 36.2. The molecule has 3 unspecified atom stereocenters. The third kappa shape index (κ3) is 7.15.